The van der Waals surface area contributed by atoms with E-state index in [1.807, 2.05) is 5.32 Å². The lowest BCUT2D eigenvalue weighted by Crippen LogP contribution is -2.40. The van der Waals surface area contributed by atoms with Crippen molar-refractivity contribution in [3.8, 4) is 0 Å². The zero-order valence-electron chi connectivity index (χ0n) is 8.34. The lowest BCUT2D eigenvalue weighted by molar-refractivity contribution is -0.144. The van der Waals surface area contributed by atoms with Gasteiger partial charge >= 0.3 is 12.3 Å². The zero-order valence-corrected chi connectivity index (χ0v) is 8.34. The summed E-state index contributed by atoms with van der Waals surface area (Å²) in [5.41, 5.74) is 5.26. The Bertz CT molecular complexity index is 428. The normalized spacial score (nSPS) is 10.8. The predicted molar refractivity (Wildman–Crippen MR) is 53.2 cm³/mol. The highest BCUT2D eigenvalue weighted by atomic mass is 19.4. The van der Waals surface area contributed by atoms with Crippen LogP contribution in [0.3, 0.4) is 0 Å². The van der Waals surface area contributed by atoms with E-state index in [4.69, 9.17) is 5.73 Å². The van der Waals surface area contributed by atoms with Crippen LogP contribution in [0, 0.1) is 0 Å². The average Bonchev–Trinajstić information content (AvgIpc) is 2.15. The van der Waals surface area contributed by atoms with Gasteiger partial charge in [-0.1, -0.05) is 0 Å². The van der Waals surface area contributed by atoms with Crippen molar-refractivity contribution in [3.05, 3.63) is 29.8 Å². The van der Waals surface area contributed by atoms with Crippen LogP contribution in [0.1, 0.15) is 10.4 Å². The van der Waals surface area contributed by atoms with Crippen LogP contribution >= 0.6 is 0 Å². The van der Waals surface area contributed by atoms with E-state index in [9.17, 15) is 22.8 Å². The number of primary amides is 1. The van der Waals surface area contributed by atoms with Crippen molar-refractivity contribution in [2.45, 2.75) is 6.30 Å². The van der Waals surface area contributed by atoms with Gasteiger partial charge in [0.05, 0.1) is 0 Å². The molecule has 0 radical (unpaired) electrons. The fourth-order valence-corrected chi connectivity index (χ4v) is 1.01. The monoisotopic (exact) mass is 247 g/mol. The minimum absolute atomic E-state index is 0.108. The second-order valence-electron chi connectivity index (χ2n) is 3.02. The first-order valence-electron chi connectivity index (χ1n) is 4.34. The first kappa shape index (κ1) is 12.8. The van der Waals surface area contributed by atoms with Crippen molar-refractivity contribution in [1.82, 2.24) is 5.32 Å². The van der Waals surface area contributed by atoms with Crippen molar-refractivity contribution in [3.63, 3.8) is 0 Å². The highest BCUT2D eigenvalue weighted by Gasteiger charge is 2.29. The molecule has 0 heterocycles. The molecule has 0 saturated heterocycles. The van der Waals surface area contributed by atoms with Crippen LogP contribution in [-0.4, -0.2) is 18.2 Å². The van der Waals surface area contributed by atoms with Crippen molar-refractivity contribution in [1.29, 1.82) is 0 Å². The van der Waals surface area contributed by atoms with Crippen molar-refractivity contribution in [2.24, 2.45) is 5.73 Å². The maximum Gasteiger partial charge on any atom is 0.485 e. The number of amides is 3. The number of benzene rings is 1. The Hall–Kier alpha value is -2.25. The van der Waals surface area contributed by atoms with Gasteiger partial charge in [0, 0.05) is 11.3 Å². The molecule has 92 valence electrons. The molecule has 0 saturated carbocycles. The standard InChI is InChI=1S/C9H8F3N3O2/c10-9(11,12)15-8(17)14-6-3-1-5(2-4-6)7(13)16/h1-4H,(H2,13,16)(H2,14,15,17). The number of nitrogens with one attached hydrogen (secondary N) is 2. The van der Waals surface area contributed by atoms with Crippen LogP contribution in [-0.2, 0) is 0 Å². The molecule has 0 unspecified atom stereocenters. The number of urea groups is 1. The van der Waals surface area contributed by atoms with Gasteiger partial charge in [0.1, 0.15) is 0 Å². The summed E-state index contributed by atoms with van der Waals surface area (Å²) in [6.45, 7) is 0. The molecule has 0 spiro atoms. The van der Waals surface area contributed by atoms with Crippen molar-refractivity contribution in [2.75, 3.05) is 5.32 Å². The van der Waals surface area contributed by atoms with Gasteiger partial charge < -0.3 is 11.1 Å². The summed E-state index contributed by atoms with van der Waals surface area (Å²) >= 11 is 0. The van der Waals surface area contributed by atoms with E-state index in [-0.39, 0.29) is 11.3 Å². The molecule has 0 bridgehead atoms. The molecule has 8 heteroatoms. The lowest BCUT2D eigenvalue weighted by Gasteiger charge is -2.09. The minimum Gasteiger partial charge on any atom is -0.366 e. The summed E-state index contributed by atoms with van der Waals surface area (Å²) in [4.78, 5) is 21.5. The van der Waals surface area contributed by atoms with Gasteiger partial charge in [-0.05, 0) is 24.3 Å². The number of carbonyl (C=O) groups excluding carboxylic acids is 2. The maximum absolute atomic E-state index is 11.7. The summed E-state index contributed by atoms with van der Waals surface area (Å²) in [7, 11) is 0. The molecule has 1 aromatic carbocycles. The van der Waals surface area contributed by atoms with Crippen LogP contribution in [0.25, 0.3) is 0 Å². The van der Waals surface area contributed by atoms with Gasteiger partial charge in [0.25, 0.3) is 0 Å². The van der Waals surface area contributed by atoms with E-state index in [0.717, 1.165) is 5.32 Å². The molecular formula is C9H8F3N3O2. The molecule has 0 atom stereocenters. The summed E-state index contributed by atoms with van der Waals surface area (Å²) in [5.74, 6) is -0.670. The van der Waals surface area contributed by atoms with E-state index in [1.165, 1.54) is 24.3 Å². The highest BCUT2D eigenvalue weighted by Crippen LogP contribution is 2.12. The maximum atomic E-state index is 11.7. The Morgan fingerprint density at radius 1 is 1.12 bits per heavy atom. The number of carbonyl (C=O) groups is 2. The molecule has 1 aromatic rings. The quantitative estimate of drug-likeness (QED) is 0.690. The number of rotatable bonds is 2. The van der Waals surface area contributed by atoms with Crippen LogP contribution in [0.5, 0.6) is 0 Å². The van der Waals surface area contributed by atoms with Gasteiger partial charge in [0.15, 0.2) is 0 Å². The first-order valence-corrected chi connectivity index (χ1v) is 4.34. The lowest BCUT2D eigenvalue weighted by atomic mass is 10.2. The molecule has 0 aliphatic rings. The number of halogens is 3. The number of hydrogen-bond donors (Lipinski definition) is 3. The second-order valence-corrected chi connectivity index (χ2v) is 3.02. The highest BCUT2D eigenvalue weighted by molar-refractivity contribution is 5.94. The Morgan fingerprint density at radius 2 is 1.65 bits per heavy atom. The fourth-order valence-electron chi connectivity index (χ4n) is 1.01. The average molecular weight is 247 g/mol. The third-order valence-electron chi connectivity index (χ3n) is 1.68. The van der Waals surface area contributed by atoms with E-state index < -0.39 is 18.2 Å². The van der Waals surface area contributed by atoms with Crippen LogP contribution < -0.4 is 16.4 Å². The zero-order chi connectivity index (χ0) is 13.1. The van der Waals surface area contributed by atoms with Gasteiger partial charge in [-0.25, -0.2) is 10.1 Å². The number of anilines is 1. The van der Waals surface area contributed by atoms with E-state index in [2.05, 4.69) is 0 Å². The van der Waals surface area contributed by atoms with Gasteiger partial charge in [-0.15, -0.1) is 0 Å². The molecule has 0 aromatic heterocycles. The van der Waals surface area contributed by atoms with E-state index in [0.29, 0.717) is 0 Å². The molecule has 3 amide bonds. The molecule has 0 aliphatic carbocycles. The van der Waals surface area contributed by atoms with Crippen LogP contribution in [0.15, 0.2) is 24.3 Å². The fraction of sp³-hybridized carbons (Fsp3) is 0.111. The largest absolute Gasteiger partial charge is 0.485 e. The summed E-state index contributed by atoms with van der Waals surface area (Å²) < 4.78 is 35.2. The minimum atomic E-state index is -4.79. The topological polar surface area (TPSA) is 84.2 Å². The molecular weight excluding hydrogens is 239 g/mol. The van der Waals surface area contributed by atoms with Gasteiger partial charge in [0.2, 0.25) is 5.91 Å². The van der Waals surface area contributed by atoms with Crippen molar-refractivity contribution >= 4 is 17.6 Å². The Kier molecular flexibility index (Phi) is 3.56. The molecule has 0 aliphatic heterocycles. The molecule has 5 nitrogen and oxygen atoms in total. The van der Waals surface area contributed by atoms with Gasteiger partial charge in [-0.2, -0.15) is 13.2 Å². The molecule has 1 rings (SSSR count). The van der Waals surface area contributed by atoms with Crippen LogP contribution in [0.4, 0.5) is 23.7 Å². The van der Waals surface area contributed by atoms with Crippen molar-refractivity contribution < 1.29 is 22.8 Å². The third-order valence-corrected chi connectivity index (χ3v) is 1.68. The second kappa shape index (κ2) is 4.73. The molecule has 17 heavy (non-hydrogen) atoms. The Labute approximate surface area is 93.8 Å². The van der Waals surface area contributed by atoms with Gasteiger partial charge in [-0.3, -0.25) is 4.79 Å². The number of alkyl halides is 3. The first-order chi connectivity index (χ1) is 7.78. The summed E-state index contributed by atoms with van der Waals surface area (Å²) in [5, 5.41) is 2.71. The number of hydrogen-bond acceptors (Lipinski definition) is 2. The summed E-state index contributed by atoms with van der Waals surface area (Å²) in [6, 6.07) is 3.67. The third kappa shape index (κ3) is 4.41. The summed E-state index contributed by atoms with van der Waals surface area (Å²) in [6.07, 6.45) is -4.79. The van der Waals surface area contributed by atoms with E-state index >= 15 is 0 Å². The smallest absolute Gasteiger partial charge is 0.366 e. The molecule has 0 fully saturated rings. The Balaban J connectivity index is 2.64. The molecule has 4 N–H and O–H groups in total. The predicted octanol–water partition coefficient (Wildman–Crippen LogP) is 1.43. The van der Waals surface area contributed by atoms with Crippen LogP contribution in [0.2, 0.25) is 0 Å². The number of nitrogens with two attached hydrogens (primary N) is 1. The SMILES string of the molecule is NC(=O)c1ccc(NC(=O)NC(F)(F)F)cc1. The Morgan fingerprint density at radius 3 is 2.06 bits per heavy atom. The van der Waals surface area contributed by atoms with E-state index in [1.54, 1.807) is 0 Å².